The van der Waals surface area contributed by atoms with Gasteiger partial charge in [-0.05, 0) is 55.0 Å². The van der Waals surface area contributed by atoms with Gasteiger partial charge in [0.05, 0.1) is 12.0 Å². The third-order valence-corrected chi connectivity index (χ3v) is 8.05. The number of nitrogens with zero attached hydrogens (tertiary/aromatic N) is 3. The van der Waals surface area contributed by atoms with Crippen molar-refractivity contribution in [2.45, 2.75) is 11.3 Å². The minimum atomic E-state index is -3.66. The monoisotopic (exact) mass is 477 g/mol. The molecule has 2 aromatic rings. The van der Waals surface area contributed by atoms with Crippen molar-refractivity contribution in [1.29, 1.82) is 0 Å². The molecule has 2 amide bonds. The van der Waals surface area contributed by atoms with E-state index in [2.05, 4.69) is 0 Å². The van der Waals surface area contributed by atoms with Crippen LogP contribution < -0.4 is 9.64 Å². The van der Waals surface area contributed by atoms with E-state index in [-0.39, 0.29) is 42.9 Å². The molecule has 8 nitrogen and oxygen atoms in total. The van der Waals surface area contributed by atoms with Gasteiger partial charge in [-0.25, -0.2) is 8.42 Å². The van der Waals surface area contributed by atoms with Crippen LogP contribution in [0.3, 0.4) is 0 Å². The molecule has 170 valence electrons. The van der Waals surface area contributed by atoms with Gasteiger partial charge in [0.15, 0.2) is 0 Å². The molecule has 2 aliphatic heterocycles. The molecular formula is C22H24ClN3O5S. The van der Waals surface area contributed by atoms with Crippen LogP contribution in [0.15, 0.2) is 53.4 Å². The minimum absolute atomic E-state index is 0.182. The molecule has 0 radical (unpaired) electrons. The van der Waals surface area contributed by atoms with Gasteiger partial charge in [-0.2, -0.15) is 4.31 Å². The molecule has 2 saturated heterocycles. The molecule has 4 rings (SSSR count). The summed E-state index contributed by atoms with van der Waals surface area (Å²) in [6.07, 6.45) is 0.435. The number of piperazine rings is 1. The van der Waals surface area contributed by atoms with E-state index in [0.717, 1.165) is 0 Å². The largest absolute Gasteiger partial charge is 0.497 e. The lowest BCUT2D eigenvalue weighted by Gasteiger charge is -2.35. The Labute approximate surface area is 192 Å². The average molecular weight is 478 g/mol. The number of methoxy groups -OCH3 is 1. The van der Waals surface area contributed by atoms with Crippen LogP contribution in [-0.2, 0) is 19.6 Å². The highest BCUT2D eigenvalue weighted by molar-refractivity contribution is 7.89. The molecule has 1 atom stereocenters. The van der Waals surface area contributed by atoms with E-state index in [9.17, 15) is 18.0 Å². The number of carbonyl (C=O) groups excluding carboxylic acids is 2. The van der Waals surface area contributed by atoms with Crippen molar-refractivity contribution in [3.8, 4) is 5.75 Å². The van der Waals surface area contributed by atoms with E-state index in [0.29, 0.717) is 29.4 Å². The zero-order valence-corrected chi connectivity index (χ0v) is 19.2. The predicted molar refractivity (Wildman–Crippen MR) is 120 cm³/mol. The highest BCUT2D eigenvalue weighted by atomic mass is 35.5. The van der Waals surface area contributed by atoms with Gasteiger partial charge >= 0.3 is 0 Å². The number of hydrogen-bond acceptors (Lipinski definition) is 5. The minimum Gasteiger partial charge on any atom is -0.497 e. The van der Waals surface area contributed by atoms with Gasteiger partial charge in [0.1, 0.15) is 11.7 Å². The Kier molecular flexibility index (Phi) is 6.41. The van der Waals surface area contributed by atoms with Crippen molar-refractivity contribution in [2.24, 2.45) is 5.92 Å². The van der Waals surface area contributed by atoms with Gasteiger partial charge in [0.2, 0.25) is 21.8 Å². The molecular weight excluding hydrogens is 454 g/mol. The highest BCUT2D eigenvalue weighted by Crippen LogP contribution is 2.28. The second-order valence-corrected chi connectivity index (χ2v) is 10.1. The number of sulfonamides is 1. The van der Waals surface area contributed by atoms with Crippen LogP contribution in [0.1, 0.15) is 6.42 Å². The Balaban J connectivity index is 1.38. The summed E-state index contributed by atoms with van der Waals surface area (Å²) in [5.41, 5.74) is 0.713. The van der Waals surface area contributed by atoms with Gasteiger partial charge in [-0.15, -0.1) is 0 Å². The SMILES string of the molecule is COc1ccc(S(=O)(=O)N2CCN(C(=O)C3CCN(c4ccc(Cl)cc4)C3=O)CC2)cc1. The maximum absolute atomic E-state index is 13.0. The predicted octanol–water partition coefficient (Wildman–Crippen LogP) is 2.23. The first kappa shape index (κ1) is 22.6. The smallest absolute Gasteiger partial charge is 0.243 e. The molecule has 0 bridgehead atoms. The summed E-state index contributed by atoms with van der Waals surface area (Å²) in [7, 11) is -2.14. The summed E-state index contributed by atoms with van der Waals surface area (Å²) >= 11 is 5.92. The molecule has 0 aliphatic carbocycles. The maximum Gasteiger partial charge on any atom is 0.243 e. The molecule has 32 heavy (non-hydrogen) atoms. The van der Waals surface area contributed by atoms with Crippen molar-refractivity contribution in [3.63, 3.8) is 0 Å². The van der Waals surface area contributed by atoms with Gasteiger partial charge < -0.3 is 14.5 Å². The van der Waals surface area contributed by atoms with Crippen LogP contribution in [0.5, 0.6) is 5.75 Å². The Morgan fingerprint density at radius 2 is 1.59 bits per heavy atom. The van der Waals surface area contributed by atoms with Crippen molar-refractivity contribution < 1.29 is 22.7 Å². The zero-order chi connectivity index (χ0) is 22.9. The van der Waals surface area contributed by atoms with E-state index >= 15 is 0 Å². The van der Waals surface area contributed by atoms with E-state index in [1.165, 1.54) is 23.5 Å². The summed E-state index contributed by atoms with van der Waals surface area (Å²) in [5.74, 6) is -0.637. The number of rotatable bonds is 5. The molecule has 0 aromatic heterocycles. The fraction of sp³-hybridized carbons (Fsp3) is 0.364. The Morgan fingerprint density at radius 1 is 0.969 bits per heavy atom. The van der Waals surface area contributed by atoms with E-state index in [4.69, 9.17) is 16.3 Å². The normalized spacial score (nSPS) is 19.9. The molecule has 0 N–H and O–H groups in total. The van der Waals surface area contributed by atoms with Crippen LogP contribution in [-0.4, -0.2) is 69.3 Å². The number of amides is 2. The topological polar surface area (TPSA) is 87.2 Å². The van der Waals surface area contributed by atoms with Crippen LogP contribution >= 0.6 is 11.6 Å². The molecule has 2 aliphatic rings. The third-order valence-electron chi connectivity index (χ3n) is 5.89. The Morgan fingerprint density at radius 3 is 2.19 bits per heavy atom. The lowest BCUT2D eigenvalue weighted by molar-refractivity contribution is -0.140. The Hall–Kier alpha value is -2.62. The molecule has 2 fully saturated rings. The maximum atomic E-state index is 13.0. The van der Waals surface area contributed by atoms with Crippen molar-refractivity contribution in [3.05, 3.63) is 53.6 Å². The molecule has 10 heteroatoms. The van der Waals surface area contributed by atoms with Crippen LogP contribution in [0.4, 0.5) is 5.69 Å². The second-order valence-electron chi connectivity index (χ2n) is 7.71. The zero-order valence-electron chi connectivity index (χ0n) is 17.6. The number of hydrogen-bond donors (Lipinski definition) is 0. The van der Waals surface area contributed by atoms with Crippen LogP contribution in [0.25, 0.3) is 0 Å². The van der Waals surface area contributed by atoms with E-state index in [1.54, 1.807) is 46.2 Å². The van der Waals surface area contributed by atoms with Crippen molar-refractivity contribution in [2.75, 3.05) is 44.7 Å². The molecule has 0 spiro atoms. The summed E-state index contributed by atoms with van der Waals surface area (Å²) < 4.78 is 32.3. The number of ether oxygens (including phenoxy) is 1. The fourth-order valence-electron chi connectivity index (χ4n) is 4.05. The first-order chi connectivity index (χ1) is 15.3. The molecule has 0 saturated carbocycles. The first-order valence-electron chi connectivity index (χ1n) is 10.3. The third kappa shape index (κ3) is 4.32. The van der Waals surface area contributed by atoms with Gasteiger partial charge in [0, 0.05) is 43.4 Å². The van der Waals surface area contributed by atoms with Crippen LogP contribution in [0.2, 0.25) is 5.02 Å². The van der Waals surface area contributed by atoms with E-state index in [1.807, 2.05) is 0 Å². The standard InChI is InChI=1S/C22H24ClN3O5S/c1-31-18-6-8-19(9-7-18)32(29,30)25-14-12-24(13-15-25)21(27)20-10-11-26(22(20)28)17-4-2-16(23)3-5-17/h2-9,20H,10-15H2,1H3. The fourth-order valence-corrected chi connectivity index (χ4v) is 5.60. The lowest BCUT2D eigenvalue weighted by Crippen LogP contribution is -2.52. The average Bonchev–Trinajstić information content (AvgIpc) is 3.20. The number of halogens is 1. The summed E-state index contributed by atoms with van der Waals surface area (Å²) in [6, 6.07) is 13.2. The molecule has 2 heterocycles. The summed E-state index contributed by atoms with van der Waals surface area (Å²) in [6.45, 7) is 1.32. The van der Waals surface area contributed by atoms with E-state index < -0.39 is 15.9 Å². The lowest BCUT2D eigenvalue weighted by atomic mass is 10.1. The van der Waals surface area contributed by atoms with Gasteiger partial charge in [-0.1, -0.05) is 11.6 Å². The summed E-state index contributed by atoms with van der Waals surface area (Å²) in [5, 5.41) is 0.579. The number of anilines is 1. The quantitative estimate of drug-likeness (QED) is 0.616. The molecule has 2 aromatic carbocycles. The summed E-state index contributed by atoms with van der Waals surface area (Å²) in [4.78, 5) is 29.3. The van der Waals surface area contributed by atoms with Crippen LogP contribution in [0, 0.1) is 5.92 Å². The van der Waals surface area contributed by atoms with Crippen molar-refractivity contribution >= 4 is 39.1 Å². The highest BCUT2D eigenvalue weighted by Gasteiger charge is 2.41. The number of carbonyl (C=O) groups is 2. The Bertz CT molecular complexity index is 1100. The van der Waals surface area contributed by atoms with Gasteiger partial charge in [-0.3, -0.25) is 9.59 Å². The second kappa shape index (κ2) is 9.09. The van der Waals surface area contributed by atoms with Crippen molar-refractivity contribution in [1.82, 2.24) is 9.21 Å². The molecule has 1 unspecified atom stereocenters. The first-order valence-corrected chi connectivity index (χ1v) is 12.1. The van der Waals surface area contributed by atoms with Gasteiger partial charge in [0.25, 0.3) is 0 Å². The number of benzene rings is 2.